The van der Waals surface area contributed by atoms with Gasteiger partial charge in [-0.15, -0.1) is 0 Å². The third-order valence-electron chi connectivity index (χ3n) is 2.59. The fraction of sp³-hybridized carbons (Fsp3) is 0.444. The van der Waals surface area contributed by atoms with Crippen LogP contribution in [0.4, 0.5) is 0 Å². The molecular formula is C27H42O3Pd2. The monoisotopic (exact) mass is 626 g/mol. The predicted molar refractivity (Wildman–Crippen MR) is 132 cm³/mol. The standard InChI is InChI=1S/3C9H14O.2Pd/c3*1-7(2)5-9(10)6-8(3)4;;/h3*5-6H,1-4H3;;. The molecule has 0 heterocycles. The maximum Gasteiger partial charge on any atom is 0.178 e. The van der Waals surface area contributed by atoms with E-state index in [0.717, 1.165) is 33.4 Å². The van der Waals surface area contributed by atoms with Crippen LogP contribution in [0.25, 0.3) is 0 Å². The van der Waals surface area contributed by atoms with Gasteiger partial charge in [-0.3, -0.25) is 14.4 Å². The van der Waals surface area contributed by atoms with Crippen molar-refractivity contribution >= 4 is 17.3 Å². The molecule has 0 radical (unpaired) electrons. The number of hydrogen-bond acceptors (Lipinski definition) is 3. The SMILES string of the molecule is CC(C)=CC(=O)C=C(C)C.CC(C)=CC(=O)C=C(C)C.CC(C)=CC(=O)C=C(C)C.[Pd].[Pd]. The topological polar surface area (TPSA) is 51.2 Å². The minimum Gasteiger partial charge on any atom is -0.290 e. The van der Waals surface area contributed by atoms with E-state index in [1.807, 2.05) is 83.1 Å². The van der Waals surface area contributed by atoms with Crippen molar-refractivity contribution in [1.82, 2.24) is 0 Å². The van der Waals surface area contributed by atoms with Gasteiger partial charge in [0.2, 0.25) is 0 Å². The van der Waals surface area contributed by atoms with E-state index in [2.05, 4.69) is 0 Å². The quantitative estimate of drug-likeness (QED) is 0.227. The van der Waals surface area contributed by atoms with Crippen LogP contribution in [-0.4, -0.2) is 17.3 Å². The van der Waals surface area contributed by atoms with Crippen molar-refractivity contribution in [2.45, 2.75) is 83.1 Å². The van der Waals surface area contributed by atoms with E-state index in [4.69, 9.17) is 0 Å². The molecule has 188 valence electrons. The molecule has 5 heteroatoms. The summed E-state index contributed by atoms with van der Waals surface area (Å²) in [7, 11) is 0. The van der Waals surface area contributed by atoms with Crippen LogP contribution in [0.1, 0.15) is 83.1 Å². The summed E-state index contributed by atoms with van der Waals surface area (Å²) in [6, 6.07) is 0. The van der Waals surface area contributed by atoms with Gasteiger partial charge in [0.05, 0.1) is 0 Å². The van der Waals surface area contributed by atoms with Crippen molar-refractivity contribution < 1.29 is 55.2 Å². The number of rotatable bonds is 6. The first-order valence-electron chi connectivity index (χ1n) is 10.1. The Balaban J connectivity index is -0.000000110. The summed E-state index contributed by atoms with van der Waals surface area (Å²) >= 11 is 0. The van der Waals surface area contributed by atoms with Crippen LogP contribution in [0.2, 0.25) is 0 Å². The van der Waals surface area contributed by atoms with Gasteiger partial charge in [-0.05, 0) is 120 Å². The number of allylic oxidation sites excluding steroid dienone is 12. The maximum atomic E-state index is 10.9. The summed E-state index contributed by atoms with van der Waals surface area (Å²) in [4.78, 5) is 32.7. The summed E-state index contributed by atoms with van der Waals surface area (Å²) in [6.07, 6.45) is 9.79. The Morgan fingerprint density at radius 3 is 0.469 bits per heavy atom. The first-order chi connectivity index (χ1) is 13.6. The fourth-order valence-electron chi connectivity index (χ4n) is 1.83. The van der Waals surface area contributed by atoms with E-state index in [-0.39, 0.29) is 58.2 Å². The largest absolute Gasteiger partial charge is 0.290 e. The molecule has 0 atom stereocenters. The molecule has 0 amide bonds. The first-order valence-corrected chi connectivity index (χ1v) is 10.1. The molecule has 0 unspecified atom stereocenters. The number of carbonyl (C=O) groups excluding carboxylic acids is 3. The molecule has 0 bridgehead atoms. The van der Waals surface area contributed by atoms with Crippen LogP contribution < -0.4 is 0 Å². The number of hydrogen-bond donors (Lipinski definition) is 0. The van der Waals surface area contributed by atoms with Crippen molar-refractivity contribution in [2.24, 2.45) is 0 Å². The minimum atomic E-state index is 0. The molecule has 0 aromatic rings. The zero-order valence-corrected chi connectivity index (χ0v) is 24.9. The fourth-order valence-corrected chi connectivity index (χ4v) is 1.83. The van der Waals surface area contributed by atoms with Crippen molar-refractivity contribution in [3.8, 4) is 0 Å². The third-order valence-corrected chi connectivity index (χ3v) is 2.59. The van der Waals surface area contributed by atoms with Crippen LogP contribution >= 0.6 is 0 Å². The van der Waals surface area contributed by atoms with E-state index in [1.54, 1.807) is 36.5 Å². The Bertz CT molecular complexity index is 586. The van der Waals surface area contributed by atoms with Gasteiger partial charge in [0, 0.05) is 40.8 Å². The zero-order chi connectivity index (χ0) is 24.4. The first kappa shape index (κ1) is 41.1. The summed E-state index contributed by atoms with van der Waals surface area (Å²) < 4.78 is 0. The molecule has 0 aromatic carbocycles. The van der Waals surface area contributed by atoms with Gasteiger partial charge in [0.1, 0.15) is 0 Å². The minimum absolute atomic E-state index is 0. The van der Waals surface area contributed by atoms with Gasteiger partial charge < -0.3 is 0 Å². The molecule has 0 rings (SSSR count). The van der Waals surface area contributed by atoms with Crippen molar-refractivity contribution in [2.75, 3.05) is 0 Å². The number of ketones is 3. The van der Waals surface area contributed by atoms with Crippen LogP contribution in [0.15, 0.2) is 69.9 Å². The molecule has 0 spiro atoms. The molecular weight excluding hydrogens is 585 g/mol. The molecule has 0 saturated heterocycles. The Hall–Kier alpha value is -1.23. The maximum absolute atomic E-state index is 10.9. The van der Waals surface area contributed by atoms with Crippen LogP contribution in [-0.2, 0) is 55.2 Å². The normalized spacial score (nSPS) is 7.88. The van der Waals surface area contributed by atoms with E-state index in [1.165, 1.54) is 0 Å². The average molecular weight is 627 g/mol. The average Bonchev–Trinajstić information content (AvgIpc) is 2.42. The summed E-state index contributed by atoms with van der Waals surface area (Å²) in [5, 5.41) is 0. The Kier molecular flexibility index (Phi) is 31.3. The zero-order valence-electron chi connectivity index (χ0n) is 21.8. The molecule has 0 N–H and O–H groups in total. The molecule has 0 saturated carbocycles. The van der Waals surface area contributed by atoms with E-state index in [0.29, 0.717) is 0 Å². The van der Waals surface area contributed by atoms with Gasteiger partial charge in [0.15, 0.2) is 17.3 Å². The Morgan fingerprint density at radius 2 is 0.406 bits per heavy atom. The summed E-state index contributed by atoms with van der Waals surface area (Å²) in [5.41, 5.74) is 6.26. The molecule has 0 aliphatic heterocycles. The Labute approximate surface area is 224 Å². The molecule has 0 aromatic heterocycles. The molecule has 0 aliphatic carbocycles. The van der Waals surface area contributed by atoms with Crippen molar-refractivity contribution in [1.29, 1.82) is 0 Å². The van der Waals surface area contributed by atoms with Gasteiger partial charge in [-0.25, -0.2) is 0 Å². The second-order valence-corrected chi connectivity index (χ2v) is 8.54. The van der Waals surface area contributed by atoms with E-state index >= 15 is 0 Å². The summed E-state index contributed by atoms with van der Waals surface area (Å²) in [6.45, 7) is 23.0. The predicted octanol–water partition coefficient (Wildman–Crippen LogP) is 7.46. The van der Waals surface area contributed by atoms with Gasteiger partial charge in [0.25, 0.3) is 0 Å². The third kappa shape index (κ3) is 42.8. The van der Waals surface area contributed by atoms with Gasteiger partial charge >= 0.3 is 0 Å². The second-order valence-electron chi connectivity index (χ2n) is 8.54. The van der Waals surface area contributed by atoms with Crippen molar-refractivity contribution in [3.05, 3.63) is 69.9 Å². The van der Waals surface area contributed by atoms with Crippen molar-refractivity contribution in [3.63, 3.8) is 0 Å². The van der Waals surface area contributed by atoms with Gasteiger partial charge in [-0.2, -0.15) is 0 Å². The Morgan fingerprint density at radius 1 is 0.312 bits per heavy atom. The molecule has 0 aliphatic rings. The second kappa shape index (κ2) is 24.4. The van der Waals surface area contributed by atoms with Crippen LogP contribution in [0, 0.1) is 0 Å². The van der Waals surface area contributed by atoms with E-state index < -0.39 is 0 Å². The number of carbonyl (C=O) groups is 3. The van der Waals surface area contributed by atoms with Crippen LogP contribution in [0.5, 0.6) is 0 Å². The summed E-state index contributed by atoms with van der Waals surface area (Å²) in [5.74, 6) is 0.250. The van der Waals surface area contributed by atoms with Crippen LogP contribution in [0.3, 0.4) is 0 Å². The smallest absolute Gasteiger partial charge is 0.178 e. The molecule has 0 fully saturated rings. The van der Waals surface area contributed by atoms with Gasteiger partial charge in [-0.1, -0.05) is 33.4 Å². The molecule has 32 heavy (non-hydrogen) atoms. The van der Waals surface area contributed by atoms with E-state index in [9.17, 15) is 14.4 Å². The molecule has 3 nitrogen and oxygen atoms in total.